The molecule has 1 aliphatic heterocycles. The van der Waals surface area contributed by atoms with Crippen LogP contribution >= 0.6 is 0 Å². The van der Waals surface area contributed by atoms with Crippen LogP contribution in [0.2, 0.25) is 0 Å². The molecule has 1 aliphatic carbocycles. The zero-order valence-electron chi connectivity index (χ0n) is 20.5. The smallest absolute Gasteiger partial charge is 0.154 e. The first-order chi connectivity index (χ1) is 17.3. The van der Waals surface area contributed by atoms with E-state index in [1.807, 2.05) is 43.3 Å². The van der Waals surface area contributed by atoms with Gasteiger partial charge in [-0.25, -0.2) is 8.78 Å². The minimum absolute atomic E-state index is 0.0415. The van der Waals surface area contributed by atoms with Crippen LogP contribution in [0.5, 0.6) is 0 Å². The van der Waals surface area contributed by atoms with Gasteiger partial charge in [-0.15, -0.1) is 0 Å². The number of nitrogens with zero attached hydrogens (tertiary/aromatic N) is 1. The average Bonchev–Trinajstić information content (AvgIpc) is 3.33. The van der Waals surface area contributed by atoms with E-state index in [0.29, 0.717) is 17.7 Å². The van der Waals surface area contributed by atoms with Crippen molar-refractivity contribution in [3.63, 3.8) is 0 Å². The van der Waals surface area contributed by atoms with Crippen LogP contribution < -0.4 is 10.2 Å². The van der Waals surface area contributed by atoms with Crippen LogP contribution in [-0.4, -0.2) is 38.2 Å². The van der Waals surface area contributed by atoms with Crippen LogP contribution in [0.1, 0.15) is 29.5 Å². The highest BCUT2D eigenvalue weighted by molar-refractivity contribution is 5.92. The Labute approximate surface area is 210 Å². The number of nitrogens with one attached hydrogen (secondary N) is 1. The summed E-state index contributed by atoms with van der Waals surface area (Å²) in [4.78, 5) is 29.0. The molecule has 3 aromatic carbocycles. The molecule has 6 heteroatoms. The predicted molar refractivity (Wildman–Crippen MR) is 136 cm³/mol. The van der Waals surface area contributed by atoms with Crippen molar-refractivity contribution in [1.82, 2.24) is 5.32 Å². The number of ketones is 2. The molecule has 1 saturated heterocycles. The van der Waals surface area contributed by atoms with Crippen molar-refractivity contribution in [3.8, 4) is 0 Å². The molecule has 0 amide bonds. The second-order valence-electron chi connectivity index (χ2n) is 10.1. The molecule has 2 aliphatic rings. The van der Waals surface area contributed by atoms with Gasteiger partial charge >= 0.3 is 0 Å². The van der Waals surface area contributed by atoms with Crippen LogP contribution in [0.15, 0.2) is 72.8 Å². The molecule has 4 nitrogen and oxygen atoms in total. The number of anilines is 1. The number of benzene rings is 3. The predicted octanol–water partition coefficient (Wildman–Crippen LogP) is 4.70. The normalized spacial score (nSPS) is 22.8. The van der Waals surface area contributed by atoms with Crippen molar-refractivity contribution in [1.29, 1.82) is 0 Å². The maximum atomic E-state index is 15.5. The monoisotopic (exact) mass is 488 g/mol. The van der Waals surface area contributed by atoms with Gasteiger partial charge < -0.3 is 10.2 Å². The van der Waals surface area contributed by atoms with Gasteiger partial charge in [-0.1, -0.05) is 54.6 Å². The molecular weight excluding hydrogens is 458 g/mol. The Morgan fingerprint density at radius 3 is 2.14 bits per heavy atom. The van der Waals surface area contributed by atoms with E-state index in [0.717, 1.165) is 11.3 Å². The molecule has 2 fully saturated rings. The Morgan fingerprint density at radius 2 is 1.53 bits per heavy atom. The summed E-state index contributed by atoms with van der Waals surface area (Å²) in [5, 5.41) is 3.30. The van der Waals surface area contributed by atoms with E-state index in [-0.39, 0.29) is 30.8 Å². The number of carbonyl (C=O) groups excluding carboxylic acids is 2. The van der Waals surface area contributed by atoms with E-state index in [1.54, 1.807) is 36.4 Å². The highest BCUT2D eigenvalue weighted by Crippen LogP contribution is 2.54. The molecule has 186 valence electrons. The maximum absolute atomic E-state index is 15.5. The lowest BCUT2D eigenvalue weighted by Crippen LogP contribution is -2.53. The van der Waals surface area contributed by atoms with Crippen molar-refractivity contribution in [3.05, 3.63) is 101 Å². The van der Waals surface area contributed by atoms with Crippen LogP contribution in [0.25, 0.3) is 0 Å². The van der Waals surface area contributed by atoms with Gasteiger partial charge in [-0.2, -0.15) is 0 Å². The van der Waals surface area contributed by atoms with Gasteiger partial charge in [0.1, 0.15) is 17.4 Å². The fourth-order valence-electron chi connectivity index (χ4n) is 6.48. The summed E-state index contributed by atoms with van der Waals surface area (Å²) in [6, 6.07) is 19.8. The topological polar surface area (TPSA) is 49.4 Å². The minimum atomic E-state index is -1.15. The van der Waals surface area contributed by atoms with E-state index < -0.39 is 34.9 Å². The van der Waals surface area contributed by atoms with Gasteiger partial charge in [0.2, 0.25) is 0 Å². The van der Waals surface area contributed by atoms with Gasteiger partial charge in [-0.3, -0.25) is 9.59 Å². The number of fused-ring (bicyclic) bond motifs is 1. The van der Waals surface area contributed by atoms with Gasteiger partial charge in [0.15, 0.2) is 5.78 Å². The van der Waals surface area contributed by atoms with Crippen LogP contribution in [0.4, 0.5) is 14.5 Å². The van der Waals surface area contributed by atoms with E-state index in [1.165, 1.54) is 12.1 Å². The Hall–Kier alpha value is -3.38. The van der Waals surface area contributed by atoms with Crippen molar-refractivity contribution in [2.45, 2.75) is 30.7 Å². The van der Waals surface area contributed by atoms with Crippen LogP contribution in [0.3, 0.4) is 0 Å². The van der Waals surface area contributed by atoms with Gasteiger partial charge in [-0.05, 0) is 41.3 Å². The lowest BCUT2D eigenvalue weighted by Gasteiger charge is -2.47. The van der Waals surface area contributed by atoms with Crippen molar-refractivity contribution < 1.29 is 18.4 Å². The first-order valence-electron chi connectivity index (χ1n) is 12.4. The molecule has 0 spiro atoms. The van der Waals surface area contributed by atoms with Crippen molar-refractivity contribution >= 4 is 17.3 Å². The summed E-state index contributed by atoms with van der Waals surface area (Å²) in [7, 11) is 3.85. The quantitative estimate of drug-likeness (QED) is 0.547. The van der Waals surface area contributed by atoms with E-state index >= 15 is 8.78 Å². The molecule has 5 rings (SSSR count). The number of halogens is 2. The Kier molecular flexibility index (Phi) is 6.47. The molecule has 1 saturated carbocycles. The number of para-hydroxylation sites is 1. The zero-order valence-corrected chi connectivity index (χ0v) is 20.5. The third-order valence-electron chi connectivity index (χ3n) is 7.99. The highest BCUT2D eigenvalue weighted by atomic mass is 19.1. The average molecular weight is 489 g/mol. The standard InChI is InChI=1S/C30H30F2N2O2/c1-34(2)25-14-8-3-9-19(25)17-27(36)29-28-20(18-33-29)26(35)15-16-30(28,21-10-4-6-12-23(21)31)22-11-5-7-13-24(22)32/h3-14,20,28-29,33H,15-18H2,1-2H3. The number of Topliss-reactive ketones (excluding diaryl/α,β-unsaturated/α-hetero) is 2. The van der Waals surface area contributed by atoms with Crippen LogP contribution in [0, 0.1) is 23.5 Å². The second-order valence-corrected chi connectivity index (χ2v) is 10.1. The molecule has 3 unspecified atom stereocenters. The molecule has 36 heavy (non-hydrogen) atoms. The summed E-state index contributed by atoms with van der Waals surface area (Å²) in [5.74, 6) is -2.05. The molecule has 3 atom stereocenters. The molecule has 1 heterocycles. The molecule has 3 aromatic rings. The van der Waals surface area contributed by atoms with E-state index in [4.69, 9.17) is 0 Å². The number of rotatable bonds is 6. The lowest BCUT2D eigenvalue weighted by atomic mass is 9.54. The van der Waals surface area contributed by atoms with Crippen LogP contribution in [-0.2, 0) is 21.4 Å². The number of hydrogen-bond donors (Lipinski definition) is 1. The first kappa shape index (κ1) is 24.3. The Balaban J connectivity index is 1.65. The van der Waals surface area contributed by atoms with Crippen molar-refractivity contribution in [2.24, 2.45) is 11.8 Å². The molecule has 0 aromatic heterocycles. The first-order valence-corrected chi connectivity index (χ1v) is 12.4. The maximum Gasteiger partial charge on any atom is 0.154 e. The van der Waals surface area contributed by atoms with Gasteiger partial charge in [0.25, 0.3) is 0 Å². The number of carbonyl (C=O) groups is 2. The molecular formula is C30H30F2N2O2. The number of hydrogen-bond acceptors (Lipinski definition) is 4. The summed E-state index contributed by atoms with van der Waals surface area (Å²) < 4.78 is 31.0. The van der Waals surface area contributed by atoms with E-state index in [9.17, 15) is 9.59 Å². The summed E-state index contributed by atoms with van der Waals surface area (Å²) in [6.07, 6.45) is 0.610. The summed E-state index contributed by atoms with van der Waals surface area (Å²) >= 11 is 0. The summed E-state index contributed by atoms with van der Waals surface area (Å²) in [6.45, 7) is 0.319. The van der Waals surface area contributed by atoms with Gasteiger partial charge in [0.05, 0.1) is 6.04 Å². The Bertz CT molecular complexity index is 1260. The fraction of sp³-hybridized carbons (Fsp3) is 0.333. The third-order valence-corrected chi connectivity index (χ3v) is 7.99. The highest BCUT2D eigenvalue weighted by Gasteiger charge is 2.59. The van der Waals surface area contributed by atoms with E-state index in [2.05, 4.69) is 5.32 Å². The SMILES string of the molecule is CN(C)c1ccccc1CC(=O)C1NCC2C(=O)CCC(c3ccccc3F)(c3ccccc3F)C21. The van der Waals surface area contributed by atoms with Gasteiger partial charge in [0, 0.05) is 56.4 Å². The zero-order chi connectivity index (χ0) is 25.4. The lowest BCUT2D eigenvalue weighted by molar-refractivity contribution is -0.128. The van der Waals surface area contributed by atoms with Crippen molar-refractivity contribution in [2.75, 3.05) is 25.5 Å². The molecule has 0 bridgehead atoms. The second kappa shape index (κ2) is 9.58. The molecule has 1 N–H and O–H groups in total. The minimum Gasteiger partial charge on any atom is -0.377 e. The molecule has 0 radical (unpaired) electrons. The fourth-order valence-corrected chi connectivity index (χ4v) is 6.48. The third kappa shape index (κ3) is 3.94. The summed E-state index contributed by atoms with van der Waals surface area (Å²) in [5.41, 5.74) is 1.35. The Morgan fingerprint density at radius 1 is 0.944 bits per heavy atom. The largest absolute Gasteiger partial charge is 0.377 e.